The highest BCUT2D eigenvalue weighted by molar-refractivity contribution is 7.11. The first-order valence-corrected chi connectivity index (χ1v) is 8.80. The van der Waals surface area contributed by atoms with Gasteiger partial charge in [0.2, 0.25) is 0 Å². The first kappa shape index (κ1) is 14.4. The van der Waals surface area contributed by atoms with Crippen LogP contribution in [0.3, 0.4) is 0 Å². The maximum Gasteiger partial charge on any atom is 0.119 e. The molecule has 0 bridgehead atoms. The van der Waals surface area contributed by atoms with Crippen LogP contribution in [-0.4, -0.2) is 45.0 Å². The van der Waals surface area contributed by atoms with E-state index >= 15 is 0 Å². The third-order valence-corrected chi connectivity index (χ3v) is 5.83. The Kier molecular flexibility index (Phi) is 3.76. The molecule has 118 valence electrons. The largest absolute Gasteiger partial charge is 0.371 e. The molecular formula is C16H22N4OS. The van der Waals surface area contributed by atoms with Crippen molar-refractivity contribution in [3.63, 3.8) is 0 Å². The van der Waals surface area contributed by atoms with Crippen LogP contribution in [0.15, 0.2) is 24.8 Å². The van der Waals surface area contributed by atoms with Gasteiger partial charge in [0, 0.05) is 29.3 Å². The number of piperidine rings is 1. The Hall–Kier alpha value is -1.24. The van der Waals surface area contributed by atoms with E-state index in [2.05, 4.69) is 38.7 Å². The van der Waals surface area contributed by atoms with Crippen molar-refractivity contribution in [1.29, 1.82) is 0 Å². The van der Waals surface area contributed by atoms with Crippen molar-refractivity contribution in [2.45, 2.75) is 44.4 Å². The van der Waals surface area contributed by atoms with Gasteiger partial charge in [-0.15, -0.1) is 21.5 Å². The molecule has 2 aliphatic heterocycles. The summed E-state index contributed by atoms with van der Waals surface area (Å²) in [5.74, 6) is 0. The molecule has 0 N–H and O–H groups in total. The standard InChI is InChI=1S/C16H22N4OS/c1-13-3-4-15(22-13)8-19-6-2-5-16(10-19)7-14(9-21-16)20-11-17-18-12-20/h3-4,11-12,14H,2,5-10H2,1H3/t14-,16-/m1/s1. The zero-order chi connectivity index (χ0) is 15.0. The molecule has 4 rings (SSSR count). The molecule has 2 atom stereocenters. The number of likely N-dealkylation sites (tertiary alicyclic amines) is 1. The van der Waals surface area contributed by atoms with Crippen LogP contribution in [0.25, 0.3) is 0 Å². The summed E-state index contributed by atoms with van der Waals surface area (Å²) in [5, 5.41) is 7.84. The molecule has 6 heteroatoms. The maximum atomic E-state index is 6.28. The lowest BCUT2D eigenvalue weighted by Crippen LogP contribution is -2.47. The number of ether oxygens (including phenoxy) is 1. The van der Waals surface area contributed by atoms with Crippen LogP contribution >= 0.6 is 11.3 Å². The van der Waals surface area contributed by atoms with Crippen LogP contribution in [0, 0.1) is 6.92 Å². The van der Waals surface area contributed by atoms with Gasteiger partial charge in [-0.2, -0.15) is 0 Å². The average Bonchev–Trinajstić information content (AvgIpc) is 3.21. The first-order chi connectivity index (χ1) is 10.7. The minimum Gasteiger partial charge on any atom is -0.371 e. The van der Waals surface area contributed by atoms with Gasteiger partial charge in [-0.05, 0) is 38.4 Å². The molecular weight excluding hydrogens is 296 g/mol. The van der Waals surface area contributed by atoms with E-state index < -0.39 is 0 Å². The molecule has 4 heterocycles. The number of aryl methyl sites for hydroxylation is 1. The smallest absolute Gasteiger partial charge is 0.119 e. The van der Waals surface area contributed by atoms with E-state index in [0.29, 0.717) is 6.04 Å². The van der Waals surface area contributed by atoms with Crippen LogP contribution < -0.4 is 0 Å². The summed E-state index contributed by atoms with van der Waals surface area (Å²) in [6, 6.07) is 4.86. The van der Waals surface area contributed by atoms with Crippen LogP contribution in [0.5, 0.6) is 0 Å². The molecule has 22 heavy (non-hydrogen) atoms. The van der Waals surface area contributed by atoms with Gasteiger partial charge >= 0.3 is 0 Å². The Balaban J connectivity index is 1.42. The molecule has 2 fully saturated rings. The summed E-state index contributed by atoms with van der Waals surface area (Å²) in [5.41, 5.74) is 0.0273. The highest BCUT2D eigenvalue weighted by Crippen LogP contribution is 2.39. The van der Waals surface area contributed by atoms with Crippen LogP contribution in [-0.2, 0) is 11.3 Å². The molecule has 1 spiro atoms. The topological polar surface area (TPSA) is 43.2 Å². The monoisotopic (exact) mass is 318 g/mol. The van der Waals surface area contributed by atoms with Gasteiger partial charge in [-0.3, -0.25) is 4.90 Å². The van der Waals surface area contributed by atoms with Crippen molar-refractivity contribution < 1.29 is 4.74 Å². The molecule has 0 aromatic carbocycles. The number of aromatic nitrogens is 3. The Morgan fingerprint density at radius 2 is 2.23 bits per heavy atom. The summed E-state index contributed by atoms with van der Waals surface area (Å²) >= 11 is 1.91. The van der Waals surface area contributed by atoms with E-state index in [1.807, 2.05) is 24.0 Å². The molecule has 2 aromatic heterocycles. The lowest BCUT2D eigenvalue weighted by molar-refractivity contribution is -0.0532. The lowest BCUT2D eigenvalue weighted by Gasteiger charge is -2.39. The molecule has 0 aliphatic carbocycles. The highest BCUT2D eigenvalue weighted by atomic mass is 32.1. The van der Waals surface area contributed by atoms with E-state index in [-0.39, 0.29) is 5.60 Å². The van der Waals surface area contributed by atoms with E-state index in [4.69, 9.17) is 4.74 Å². The van der Waals surface area contributed by atoms with E-state index in [0.717, 1.165) is 26.1 Å². The maximum absolute atomic E-state index is 6.28. The summed E-state index contributed by atoms with van der Waals surface area (Å²) in [6.07, 6.45) is 7.08. The first-order valence-electron chi connectivity index (χ1n) is 7.98. The van der Waals surface area contributed by atoms with E-state index in [1.54, 1.807) is 0 Å². The van der Waals surface area contributed by atoms with Crippen molar-refractivity contribution in [3.05, 3.63) is 34.5 Å². The molecule has 0 radical (unpaired) electrons. The van der Waals surface area contributed by atoms with Gasteiger partial charge < -0.3 is 9.30 Å². The number of hydrogen-bond acceptors (Lipinski definition) is 5. The van der Waals surface area contributed by atoms with E-state index in [9.17, 15) is 0 Å². The van der Waals surface area contributed by atoms with Crippen molar-refractivity contribution in [3.8, 4) is 0 Å². The zero-order valence-electron chi connectivity index (χ0n) is 12.9. The second-order valence-corrected chi connectivity index (χ2v) is 7.96. The van der Waals surface area contributed by atoms with Gasteiger partial charge in [-0.25, -0.2) is 0 Å². The van der Waals surface area contributed by atoms with E-state index in [1.165, 1.54) is 29.1 Å². The van der Waals surface area contributed by atoms with Crippen LogP contribution in [0.2, 0.25) is 0 Å². The fourth-order valence-electron chi connectivity index (χ4n) is 3.81. The third-order valence-electron chi connectivity index (χ3n) is 4.84. The predicted molar refractivity (Wildman–Crippen MR) is 85.9 cm³/mol. The Bertz CT molecular complexity index is 626. The lowest BCUT2D eigenvalue weighted by atomic mass is 9.88. The molecule has 2 aromatic rings. The summed E-state index contributed by atoms with van der Waals surface area (Å²) in [4.78, 5) is 5.41. The number of thiophene rings is 1. The molecule has 0 amide bonds. The van der Waals surface area contributed by atoms with Gasteiger partial charge in [-0.1, -0.05) is 0 Å². The Labute approximate surface area is 134 Å². The van der Waals surface area contributed by atoms with Crippen LogP contribution in [0.1, 0.15) is 35.1 Å². The molecule has 5 nitrogen and oxygen atoms in total. The van der Waals surface area contributed by atoms with Crippen molar-refractivity contribution in [1.82, 2.24) is 19.7 Å². The Morgan fingerprint density at radius 3 is 3.00 bits per heavy atom. The predicted octanol–water partition coefficient (Wildman–Crippen LogP) is 2.64. The third kappa shape index (κ3) is 2.83. The molecule has 2 aliphatic rings. The fourth-order valence-corrected chi connectivity index (χ4v) is 4.74. The van der Waals surface area contributed by atoms with Crippen molar-refractivity contribution >= 4 is 11.3 Å². The zero-order valence-corrected chi connectivity index (χ0v) is 13.8. The second-order valence-electron chi connectivity index (χ2n) is 6.59. The number of rotatable bonds is 3. The van der Waals surface area contributed by atoms with Gasteiger partial charge in [0.25, 0.3) is 0 Å². The fraction of sp³-hybridized carbons (Fsp3) is 0.625. The summed E-state index contributed by atoms with van der Waals surface area (Å²) < 4.78 is 8.37. The van der Waals surface area contributed by atoms with Crippen LogP contribution in [0.4, 0.5) is 0 Å². The van der Waals surface area contributed by atoms with Gasteiger partial charge in [0.15, 0.2) is 0 Å². The SMILES string of the molecule is Cc1ccc(CN2CCC[C@@]3(C[C@@H](n4cnnc4)CO3)C2)s1. The normalized spacial score (nSPS) is 29.4. The van der Waals surface area contributed by atoms with Gasteiger partial charge in [0.1, 0.15) is 12.7 Å². The number of hydrogen-bond donors (Lipinski definition) is 0. The number of nitrogens with zero attached hydrogens (tertiary/aromatic N) is 4. The average molecular weight is 318 g/mol. The molecule has 0 saturated carbocycles. The minimum atomic E-state index is 0.0273. The van der Waals surface area contributed by atoms with Crippen molar-refractivity contribution in [2.75, 3.05) is 19.7 Å². The Morgan fingerprint density at radius 1 is 1.36 bits per heavy atom. The second kappa shape index (κ2) is 5.76. The molecule has 0 unspecified atom stereocenters. The van der Waals surface area contributed by atoms with Crippen molar-refractivity contribution in [2.24, 2.45) is 0 Å². The molecule has 2 saturated heterocycles. The quantitative estimate of drug-likeness (QED) is 0.872. The minimum absolute atomic E-state index is 0.0273. The highest BCUT2D eigenvalue weighted by Gasteiger charge is 2.43. The summed E-state index contributed by atoms with van der Waals surface area (Å²) in [7, 11) is 0. The summed E-state index contributed by atoms with van der Waals surface area (Å²) in [6.45, 7) is 6.24. The van der Waals surface area contributed by atoms with Gasteiger partial charge in [0.05, 0.1) is 18.2 Å².